The van der Waals surface area contributed by atoms with Crippen molar-refractivity contribution in [1.29, 1.82) is 0 Å². The van der Waals surface area contributed by atoms with Gasteiger partial charge in [0.05, 0.1) is 18.8 Å². The summed E-state index contributed by atoms with van der Waals surface area (Å²) in [5, 5.41) is 3.12. The third kappa shape index (κ3) is 3.58. The molecule has 2 heterocycles. The summed E-state index contributed by atoms with van der Waals surface area (Å²) >= 11 is 0. The van der Waals surface area contributed by atoms with Gasteiger partial charge < -0.3 is 15.0 Å². The van der Waals surface area contributed by atoms with E-state index in [4.69, 9.17) is 4.74 Å². The van der Waals surface area contributed by atoms with Crippen molar-refractivity contribution in [2.75, 3.05) is 31.6 Å². The van der Waals surface area contributed by atoms with Crippen molar-refractivity contribution in [2.24, 2.45) is 23.2 Å². The lowest BCUT2D eigenvalue weighted by atomic mass is 9.45. The fraction of sp³-hybridized carbons (Fsp3) is 0.750. The minimum atomic E-state index is -4.74. The van der Waals surface area contributed by atoms with Crippen LogP contribution >= 0.6 is 0 Å². The summed E-state index contributed by atoms with van der Waals surface area (Å²) in [6.07, 6.45) is -1.66. The second-order valence-electron chi connectivity index (χ2n) is 9.06. The second-order valence-corrected chi connectivity index (χ2v) is 9.06. The highest BCUT2D eigenvalue weighted by Crippen LogP contribution is 2.61. The summed E-state index contributed by atoms with van der Waals surface area (Å²) in [5.41, 5.74) is -1.41. The Morgan fingerprint density at radius 1 is 1.28 bits per heavy atom. The average Bonchev–Trinajstić information content (AvgIpc) is 2.68. The molecule has 160 valence electrons. The van der Waals surface area contributed by atoms with Gasteiger partial charge in [0.2, 0.25) is 5.95 Å². The lowest BCUT2D eigenvalue weighted by Crippen LogP contribution is -2.58. The standard InChI is InChI=1S/C20H27F3N4O2/c1-11-14-8-12(19(14,2)3)9-15(11)25-18-24-10-13(16(26-18)20(21,22)23)17(28)27-4-6-29-7-5-27/h10-12,14-15H,4-9H2,1-3H3,(H,24,25,26)/t11-,12-,14+,15-/m0/s1. The van der Waals surface area contributed by atoms with Crippen LogP contribution in [0.4, 0.5) is 19.1 Å². The number of carbonyl (C=O) groups excluding carboxylic acids is 1. The molecule has 5 rings (SSSR count). The maximum absolute atomic E-state index is 13.7. The molecule has 3 saturated carbocycles. The van der Waals surface area contributed by atoms with E-state index >= 15 is 0 Å². The van der Waals surface area contributed by atoms with E-state index in [1.165, 1.54) is 11.3 Å². The molecule has 6 nitrogen and oxygen atoms in total. The molecule has 0 unspecified atom stereocenters. The van der Waals surface area contributed by atoms with E-state index in [0.29, 0.717) is 31.0 Å². The van der Waals surface area contributed by atoms with Crippen LogP contribution in [0.15, 0.2) is 6.20 Å². The van der Waals surface area contributed by atoms with Gasteiger partial charge in [0, 0.05) is 25.3 Å². The zero-order valence-corrected chi connectivity index (χ0v) is 16.9. The fourth-order valence-electron chi connectivity index (χ4n) is 5.27. The molecule has 0 spiro atoms. The van der Waals surface area contributed by atoms with Gasteiger partial charge in [0.1, 0.15) is 0 Å². The normalized spacial score (nSPS) is 31.2. The first-order valence-corrected chi connectivity index (χ1v) is 10.2. The number of amides is 1. The summed E-state index contributed by atoms with van der Waals surface area (Å²) in [7, 11) is 0. The van der Waals surface area contributed by atoms with Crippen LogP contribution in [0.2, 0.25) is 0 Å². The van der Waals surface area contributed by atoms with Crippen molar-refractivity contribution in [3.8, 4) is 0 Å². The SMILES string of the molecule is C[C@@H]1[C@@H](Nc2ncc(C(=O)N3CCOCC3)c(C(F)(F)F)n2)C[C@@H]2C[C@H]1C2(C)C. The van der Waals surface area contributed by atoms with E-state index in [-0.39, 0.29) is 30.5 Å². The monoisotopic (exact) mass is 412 g/mol. The molecule has 3 aliphatic carbocycles. The summed E-state index contributed by atoms with van der Waals surface area (Å²) in [6, 6.07) is 0.0358. The fourth-order valence-corrected chi connectivity index (χ4v) is 5.27. The highest BCUT2D eigenvalue weighted by molar-refractivity contribution is 5.95. The minimum absolute atomic E-state index is 0.0358. The molecule has 4 atom stereocenters. The predicted octanol–water partition coefficient (Wildman–Crippen LogP) is 3.45. The molecule has 4 fully saturated rings. The van der Waals surface area contributed by atoms with Crippen LogP contribution in [-0.2, 0) is 10.9 Å². The smallest absolute Gasteiger partial charge is 0.378 e. The van der Waals surface area contributed by atoms with Crippen LogP contribution in [0.3, 0.4) is 0 Å². The van der Waals surface area contributed by atoms with Crippen LogP contribution in [0, 0.1) is 23.2 Å². The highest BCUT2D eigenvalue weighted by Gasteiger charge is 2.56. The van der Waals surface area contributed by atoms with E-state index in [2.05, 4.69) is 36.1 Å². The first kappa shape index (κ1) is 20.4. The number of anilines is 1. The topological polar surface area (TPSA) is 67.4 Å². The molecule has 1 aromatic heterocycles. The number of fused-ring (bicyclic) bond motifs is 2. The number of hydrogen-bond donors (Lipinski definition) is 1. The molecular weight excluding hydrogens is 385 g/mol. The molecule has 2 bridgehead atoms. The summed E-state index contributed by atoms with van der Waals surface area (Å²) in [4.78, 5) is 21.8. The number of carbonyl (C=O) groups is 1. The van der Waals surface area contributed by atoms with Gasteiger partial charge in [0.25, 0.3) is 5.91 Å². The Morgan fingerprint density at radius 2 is 1.97 bits per heavy atom. The molecule has 9 heteroatoms. The molecule has 29 heavy (non-hydrogen) atoms. The molecule has 1 aliphatic heterocycles. The Labute approximate surface area is 168 Å². The Hall–Kier alpha value is -1.90. The van der Waals surface area contributed by atoms with Crippen LogP contribution < -0.4 is 5.32 Å². The summed E-state index contributed by atoms with van der Waals surface area (Å²) < 4.78 is 46.2. The van der Waals surface area contributed by atoms with Crippen LogP contribution in [0.25, 0.3) is 0 Å². The third-order valence-corrected chi connectivity index (χ3v) is 7.25. The number of nitrogens with one attached hydrogen (secondary N) is 1. The van der Waals surface area contributed by atoms with Crippen LogP contribution in [-0.4, -0.2) is 53.1 Å². The van der Waals surface area contributed by atoms with Crippen molar-refractivity contribution in [1.82, 2.24) is 14.9 Å². The molecule has 1 amide bonds. The van der Waals surface area contributed by atoms with Gasteiger partial charge in [-0.25, -0.2) is 9.97 Å². The van der Waals surface area contributed by atoms with Gasteiger partial charge in [-0.1, -0.05) is 20.8 Å². The van der Waals surface area contributed by atoms with E-state index in [1.54, 1.807) is 0 Å². The van der Waals surface area contributed by atoms with E-state index in [9.17, 15) is 18.0 Å². The number of rotatable bonds is 3. The quantitative estimate of drug-likeness (QED) is 0.824. The second kappa shape index (κ2) is 7.11. The number of nitrogens with zero attached hydrogens (tertiary/aromatic N) is 3. The zero-order valence-electron chi connectivity index (χ0n) is 16.9. The van der Waals surface area contributed by atoms with E-state index in [0.717, 1.165) is 12.6 Å². The zero-order chi connectivity index (χ0) is 21.0. The first-order chi connectivity index (χ1) is 13.6. The maximum atomic E-state index is 13.7. The number of halogens is 3. The Bertz CT molecular complexity index is 792. The summed E-state index contributed by atoms with van der Waals surface area (Å²) in [6.45, 7) is 7.81. The molecule has 0 aromatic carbocycles. The van der Waals surface area contributed by atoms with Gasteiger partial charge in [0.15, 0.2) is 5.69 Å². The number of alkyl halides is 3. The van der Waals surface area contributed by atoms with Gasteiger partial charge in [-0.2, -0.15) is 13.2 Å². The van der Waals surface area contributed by atoms with Gasteiger partial charge in [-0.05, 0) is 36.0 Å². The largest absolute Gasteiger partial charge is 0.434 e. The average molecular weight is 412 g/mol. The molecule has 1 aromatic rings. The van der Waals surface area contributed by atoms with Crippen molar-refractivity contribution in [3.05, 3.63) is 17.5 Å². The van der Waals surface area contributed by atoms with Crippen molar-refractivity contribution < 1.29 is 22.7 Å². The van der Waals surface area contributed by atoms with Gasteiger partial charge in [-0.15, -0.1) is 0 Å². The van der Waals surface area contributed by atoms with Crippen molar-refractivity contribution in [2.45, 2.75) is 45.8 Å². The molecule has 1 saturated heterocycles. The molecule has 4 aliphatic rings. The number of morpholine rings is 1. The Morgan fingerprint density at radius 3 is 2.55 bits per heavy atom. The highest BCUT2D eigenvalue weighted by atomic mass is 19.4. The minimum Gasteiger partial charge on any atom is -0.378 e. The Balaban J connectivity index is 1.56. The van der Waals surface area contributed by atoms with Crippen molar-refractivity contribution >= 4 is 11.9 Å². The third-order valence-electron chi connectivity index (χ3n) is 7.25. The van der Waals surface area contributed by atoms with E-state index < -0.39 is 23.3 Å². The van der Waals surface area contributed by atoms with E-state index in [1.807, 2.05) is 0 Å². The van der Waals surface area contributed by atoms with Crippen molar-refractivity contribution in [3.63, 3.8) is 0 Å². The summed E-state index contributed by atoms with van der Waals surface area (Å²) in [5.74, 6) is 0.657. The lowest BCUT2D eigenvalue weighted by Gasteiger charge is -2.62. The maximum Gasteiger partial charge on any atom is 0.434 e. The number of aromatic nitrogens is 2. The lowest BCUT2D eigenvalue weighted by molar-refractivity contribution is -0.141. The molecule has 0 radical (unpaired) electrons. The first-order valence-electron chi connectivity index (χ1n) is 10.2. The van der Waals surface area contributed by atoms with Crippen LogP contribution in [0.5, 0.6) is 0 Å². The Kier molecular flexibility index (Phi) is 4.99. The van der Waals surface area contributed by atoms with Gasteiger partial charge in [-0.3, -0.25) is 4.79 Å². The molecule has 1 N–H and O–H groups in total. The van der Waals surface area contributed by atoms with Gasteiger partial charge >= 0.3 is 6.18 Å². The molecular formula is C20H27F3N4O2. The predicted molar refractivity (Wildman–Crippen MR) is 100 cm³/mol. The number of hydrogen-bond acceptors (Lipinski definition) is 5. The van der Waals surface area contributed by atoms with Crippen LogP contribution in [0.1, 0.15) is 49.7 Å². The number of ether oxygens (including phenoxy) is 1.